The zero-order valence-electron chi connectivity index (χ0n) is 21.6. The van der Waals surface area contributed by atoms with Crippen LogP contribution in [0.4, 0.5) is 21.9 Å². The summed E-state index contributed by atoms with van der Waals surface area (Å²) in [7, 11) is 0. The Morgan fingerprint density at radius 3 is 2.54 bits per heavy atom. The van der Waals surface area contributed by atoms with Crippen molar-refractivity contribution >= 4 is 55.9 Å². The number of pyridine rings is 1. The summed E-state index contributed by atoms with van der Waals surface area (Å²) in [4.78, 5) is 38.1. The number of aromatic nitrogens is 2. The van der Waals surface area contributed by atoms with Gasteiger partial charge >= 0.3 is 0 Å². The Hall–Kier alpha value is -4.36. The molecular weight excluding hydrogens is 544 g/mol. The second kappa shape index (κ2) is 10.8. The van der Waals surface area contributed by atoms with Crippen molar-refractivity contribution in [2.24, 2.45) is 0 Å². The molecule has 0 unspecified atom stereocenters. The summed E-state index contributed by atoms with van der Waals surface area (Å²) in [6.07, 6.45) is 1.65. The van der Waals surface area contributed by atoms with Crippen LogP contribution in [0.1, 0.15) is 13.8 Å². The van der Waals surface area contributed by atoms with Gasteiger partial charge in [-0.3, -0.25) is 14.6 Å². The van der Waals surface area contributed by atoms with E-state index in [0.29, 0.717) is 38.8 Å². The summed E-state index contributed by atoms with van der Waals surface area (Å²) in [5.74, 6) is 0.206. The van der Waals surface area contributed by atoms with E-state index >= 15 is 0 Å². The van der Waals surface area contributed by atoms with Crippen LogP contribution in [0.2, 0.25) is 0 Å². The van der Waals surface area contributed by atoms with E-state index in [9.17, 15) is 9.59 Å². The monoisotopic (exact) mass is 566 g/mol. The van der Waals surface area contributed by atoms with E-state index in [1.165, 1.54) is 0 Å². The minimum atomic E-state index is -0.705. The van der Waals surface area contributed by atoms with Gasteiger partial charge in [0.2, 0.25) is 0 Å². The molecule has 6 rings (SSSR count). The Balaban J connectivity index is 0.00000308. The molecule has 4 aromatic rings. The van der Waals surface area contributed by atoms with Crippen molar-refractivity contribution in [3.63, 3.8) is 0 Å². The third-order valence-electron chi connectivity index (χ3n) is 6.68. The minimum absolute atomic E-state index is 0. The molecule has 0 radical (unpaired) electrons. The van der Waals surface area contributed by atoms with Crippen molar-refractivity contribution in [2.45, 2.75) is 13.8 Å². The van der Waals surface area contributed by atoms with E-state index in [1.807, 2.05) is 48.5 Å². The summed E-state index contributed by atoms with van der Waals surface area (Å²) in [5, 5.41) is 8.85. The number of carbonyl (C=O) groups excluding carboxylic acids is 1. The average Bonchev–Trinajstić information content (AvgIpc) is 2.95. The van der Waals surface area contributed by atoms with Crippen molar-refractivity contribution in [3.05, 3.63) is 94.5 Å². The molecule has 0 saturated heterocycles. The van der Waals surface area contributed by atoms with Crippen LogP contribution in [0.3, 0.4) is 0 Å². The van der Waals surface area contributed by atoms with E-state index in [0.717, 1.165) is 24.2 Å². The predicted molar refractivity (Wildman–Crippen MR) is 152 cm³/mol. The number of nitrogens with zero attached hydrogens (tertiary/aromatic N) is 4. The minimum Gasteiger partial charge on any atom is -0.452 e. The molecule has 2 amide bonds. The standard InChI is InChI=1S/C30H25N5O3.Zn/c1-3-35(4-2)19-14-15-22-24(17-19)38-29-26(32-22)20-11-5-6-12-21(20)28(36)27(29)34-30(37)33-23-13-7-9-18-10-8-16-31-25(18)23;/h5-17H,3-4H2,1-2H3,(H2,32,33,34,37);/p-1. The van der Waals surface area contributed by atoms with Crippen LogP contribution < -0.4 is 15.6 Å². The van der Waals surface area contributed by atoms with Gasteiger partial charge in [0.1, 0.15) is 11.2 Å². The number of nitrogens with one attached hydrogen (secondary N) is 1. The number of urea groups is 1. The van der Waals surface area contributed by atoms with E-state index in [-0.39, 0.29) is 36.4 Å². The second-order valence-corrected chi connectivity index (χ2v) is 8.86. The first-order valence-electron chi connectivity index (χ1n) is 12.5. The van der Waals surface area contributed by atoms with Crippen molar-refractivity contribution in [1.82, 2.24) is 9.97 Å². The summed E-state index contributed by atoms with van der Waals surface area (Å²) in [6.45, 7) is 5.85. The number of amides is 2. The molecule has 1 aliphatic heterocycles. The van der Waals surface area contributed by atoms with Crippen molar-refractivity contribution < 1.29 is 28.7 Å². The third kappa shape index (κ3) is 4.70. The summed E-state index contributed by atoms with van der Waals surface area (Å²) < 4.78 is 6.31. The van der Waals surface area contributed by atoms with Crippen LogP contribution >= 0.6 is 0 Å². The first kappa shape index (κ1) is 26.3. The zero-order valence-corrected chi connectivity index (χ0v) is 24.6. The molecule has 8 nitrogen and oxygen atoms in total. The molecule has 0 saturated carbocycles. The number of hydrogen-bond donors (Lipinski definition) is 1. The molecular formula is C30H24N5O3Zn-. The number of benzene rings is 4. The van der Waals surface area contributed by atoms with E-state index in [4.69, 9.17) is 9.40 Å². The van der Waals surface area contributed by atoms with Crippen LogP contribution in [0.5, 0.6) is 0 Å². The van der Waals surface area contributed by atoms with Crippen LogP contribution in [-0.4, -0.2) is 29.1 Å². The van der Waals surface area contributed by atoms with Gasteiger partial charge in [0.25, 0.3) is 0 Å². The molecule has 0 fully saturated rings. The molecule has 2 heterocycles. The van der Waals surface area contributed by atoms with Crippen LogP contribution in [-0.2, 0) is 19.5 Å². The Morgan fingerprint density at radius 2 is 1.74 bits per heavy atom. The van der Waals surface area contributed by atoms with Gasteiger partial charge in [-0.1, -0.05) is 48.5 Å². The number of hydrogen-bond acceptors (Lipinski definition) is 6. The third-order valence-corrected chi connectivity index (χ3v) is 6.68. The van der Waals surface area contributed by atoms with Gasteiger partial charge in [0.05, 0.1) is 11.2 Å². The fourth-order valence-electron chi connectivity index (χ4n) is 4.81. The quantitative estimate of drug-likeness (QED) is 0.136. The van der Waals surface area contributed by atoms with Crippen LogP contribution in [0.25, 0.3) is 49.5 Å². The number of anilines is 2. The SMILES string of the molecule is CCN(CC)c1ccc2nc3c4ccccc4c(=O)c(NC(=O)[N-]c4cccc5cccnc45)c-3oc2c1.[Zn]. The number of para-hydroxylation sites is 1. The number of rotatable bonds is 5. The zero-order chi connectivity index (χ0) is 26.2. The Morgan fingerprint density at radius 1 is 0.974 bits per heavy atom. The summed E-state index contributed by atoms with van der Waals surface area (Å²) in [5.41, 5.74) is 3.29. The topological polar surface area (TPSA) is 102 Å². The maximum Gasteiger partial charge on any atom is 0.193 e. The Kier molecular flexibility index (Phi) is 7.26. The van der Waals surface area contributed by atoms with Crippen molar-refractivity contribution in [1.29, 1.82) is 0 Å². The predicted octanol–water partition coefficient (Wildman–Crippen LogP) is 7.08. The maximum absolute atomic E-state index is 13.6. The van der Waals surface area contributed by atoms with Crippen molar-refractivity contribution in [3.8, 4) is 11.5 Å². The molecule has 2 aliphatic rings. The van der Waals surface area contributed by atoms with Gasteiger partial charge in [-0.15, -0.1) is 0 Å². The van der Waals surface area contributed by atoms with Gasteiger partial charge < -0.3 is 20.0 Å². The molecule has 1 aliphatic carbocycles. The van der Waals surface area contributed by atoms with Gasteiger partial charge in [0.15, 0.2) is 22.8 Å². The smallest absolute Gasteiger partial charge is 0.193 e. The molecule has 190 valence electrons. The fraction of sp³-hybridized carbons (Fsp3) is 0.133. The van der Waals surface area contributed by atoms with Crippen LogP contribution in [0.15, 0.2) is 88.2 Å². The number of carbonyl (C=O) groups is 1. The largest absolute Gasteiger partial charge is 0.452 e. The molecule has 0 spiro atoms. The van der Waals surface area contributed by atoms with E-state index in [2.05, 4.69) is 34.4 Å². The van der Waals surface area contributed by atoms with Crippen molar-refractivity contribution in [2.75, 3.05) is 23.3 Å². The Bertz CT molecular complexity index is 1860. The molecule has 9 heteroatoms. The summed E-state index contributed by atoms with van der Waals surface area (Å²) >= 11 is 0. The Labute approximate surface area is 237 Å². The molecule has 39 heavy (non-hydrogen) atoms. The second-order valence-electron chi connectivity index (χ2n) is 8.86. The van der Waals surface area contributed by atoms with Gasteiger partial charge in [-0.05, 0) is 37.7 Å². The maximum atomic E-state index is 13.6. The first-order chi connectivity index (χ1) is 18.6. The van der Waals surface area contributed by atoms with Gasteiger partial charge in [-0.25, -0.2) is 4.98 Å². The fourth-order valence-corrected chi connectivity index (χ4v) is 4.81. The normalized spacial score (nSPS) is 11.0. The molecule has 0 bridgehead atoms. The molecule has 1 N–H and O–H groups in total. The number of fused-ring (bicyclic) bond motifs is 5. The summed E-state index contributed by atoms with van der Waals surface area (Å²) in [6, 6.07) is 21.4. The van der Waals surface area contributed by atoms with Crippen LogP contribution in [0, 0.1) is 0 Å². The van der Waals surface area contributed by atoms with E-state index in [1.54, 1.807) is 30.5 Å². The molecule has 0 atom stereocenters. The first-order valence-corrected chi connectivity index (χ1v) is 12.5. The van der Waals surface area contributed by atoms with E-state index < -0.39 is 6.03 Å². The van der Waals surface area contributed by atoms with Gasteiger partial charge in [0, 0.05) is 66.7 Å². The molecule has 3 aromatic carbocycles. The molecule has 1 aromatic heterocycles. The van der Waals surface area contributed by atoms with Gasteiger partial charge in [-0.2, -0.15) is 0 Å². The average molecular weight is 568 g/mol.